The number of benzene rings is 1. The number of aryl methyl sites for hydroxylation is 1. The number of nitrogens with zero attached hydrogens (tertiary/aromatic N) is 1. The molecule has 0 aliphatic carbocycles. The van der Waals surface area contributed by atoms with Gasteiger partial charge in [-0.3, -0.25) is 4.79 Å². The molecule has 2 rings (SSSR count). The molecule has 92 valence electrons. The summed E-state index contributed by atoms with van der Waals surface area (Å²) >= 11 is 0. The summed E-state index contributed by atoms with van der Waals surface area (Å²) in [5, 5.41) is 11.7. The Kier molecular flexibility index (Phi) is 3.69. The first-order valence-corrected chi connectivity index (χ1v) is 5.63. The lowest BCUT2D eigenvalue weighted by Gasteiger charge is -2.07. The van der Waals surface area contributed by atoms with Crippen LogP contribution < -0.4 is 5.32 Å². The molecule has 1 aromatic carbocycles. The second-order valence-corrected chi connectivity index (χ2v) is 3.98. The summed E-state index contributed by atoms with van der Waals surface area (Å²) in [7, 11) is 0. The monoisotopic (exact) mass is 242 g/mol. The van der Waals surface area contributed by atoms with Crippen LogP contribution in [0.3, 0.4) is 0 Å². The molecular formula is C14H14N2O2. The van der Waals surface area contributed by atoms with Crippen LogP contribution in [0.15, 0.2) is 42.6 Å². The summed E-state index contributed by atoms with van der Waals surface area (Å²) < 4.78 is 0. The minimum absolute atomic E-state index is 0.0737. The van der Waals surface area contributed by atoms with Gasteiger partial charge in [0.15, 0.2) is 0 Å². The van der Waals surface area contributed by atoms with Crippen LogP contribution in [-0.4, -0.2) is 16.0 Å². The number of carbonyl (C=O) groups excluding carboxylic acids is 1. The predicted octanol–water partition coefficient (Wildman–Crippen LogP) is 2.13. The van der Waals surface area contributed by atoms with Crippen molar-refractivity contribution in [3.8, 4) is 0 Å². The van der Waals surface area contributed by atoms with E-state index in [0.717, 1.165) is 5.56 Å². The van der Waals surface area contributed by atoms with Gasteiger partial charge in [-0.25, -0.2) is 4.98 Å². The van der Waals surface area contributed by atoms with Gasteiger partial charge in [0.1, 0.15) is 5.82 Å². The van der Waals surface area contributed by atoms with Crippen LogP contribution in [-0.2, 0) is 6.61 Å². The third kappa shape index (κ3) is 2.73. The molecule has 0 aliphatic rings. The Morgan fingerprint density at radius 2 is 2.11 bits per heavy atom. The zero-order valence-electron chi connectivity index (χ0n) is 10.1. The minimum atomic E-state index is -0.198. The number of rotatable bonds is 3. The number of pyridine rings is 1. The van der Waals surface area contributed by atoms with Gasteiger partial charge >= 0.3 is 0 Å². The standard InChI is InChI=1S/C14H14N2O2/c1-10-4-2-3-5-12(10)14(18)16-13-8-11(9-17)6-7-15-13/h2-8,17H,9H2,1H3,(H,15,16,18). The summed E-state index contributed by atoms with van der Waals surface area (Å²) in [5.74, 6) is 0.241. The van der Waals surface area contributed by atoms with E-state index in [9.17, 15) is 4.79 Å². The van der Waals surface area contributed by atoms with Gasteiger partial charge in [-0.05, 0) is 36.2 Å². The third-order valence-corrected chi connectivity index (χ3v) is 2.64. The highest BCUT2D eigenvalue weighted by molar-refractivity contribution is 6.04. The van der Waals surface area contributed by atoms with E-state index in [2.05, 4.69) is 10.3 Å². The zero-order chi connectivity index (χ0) is 13.0. The molecule has 0 bridgehead atoms. The van der Waals surface area contributed by atoms with Gasteiger partial charge < -0.3 is 10.4 Å². The van der Waals surface area contributed by atoms with E-state index in [1.54, 1.807) is 24.4 Å². The normalized spacial score (nSPS) is 10.1. The van der Waals surface area contributed by atoms with Crippen molar-refractivity contribution < 1.29 is 9.90 Å². The first-order valence-electron chi connectivity index (χ1n) is 5.63. The molecule has 0 aliphatic heterocycles. The number of hydrogen-bond acceptors (Lipinski definition) is 3. The van der Waals surface area contributed by atoms with Crippen LogP contribution in [0.4, 0.5) is 5.82 Å². The Hall–Kier alpha value is -2.20. The number of carbonyl (C=O) groups is 1. The number of hydrogen-bond donors (Lipinski definition) is 2. The van der Waals surface area contributed by atoms with Crippen LogP contribution in [0.1, 0.15) is 21.5 Å². The maximum Gasteiger partial charge on any atom is 0.257 e. The zero-order valence-corrected chi connectivity index (χ0v) is 10.1. The Labute approximate surface area is 105 Å². The average molecular weight is 242 g/mol. The molecule has 4 heteroatoms. The molecule has 0 unspecified atom stereocenters. The number of aliphatic hydroxyl groups is 1. The average Bonchev–Trinajstić information content (AvgIpc) is 2.39. The molecule has 1 aromatic heterocycles. The molecular weight excluding hydrogens is 228 g/mol. The van der Waals surface area contributed by atoms with Gasteiger partial charge in [0, 0.05) is 11.8 Å². The van der Waals surface area contributed by atoms with Gasteiger partial charge in [0.25, 0.3) is 5.91 Å². The summed E-state index contributed by atoms with van der Waals surface area (Å²) in [6.45, 7) is 1.81. The third-order valence-electron chi connectivity index (χ3n) is 2.64. The summed E-state index contributed by atoms with van der Waals surface area (Å²) in [6.07, 6.45) is 1.55. The minimum Gasteiger partial charge on any atom is -0.392 e. The molecule has 0 atom stereocenters. The van der Waals surface area contributed by atoms with E-state index >= 15 is 0 Å². The van der Waals surface area contributed by atoms with Crippen molar-refractivity contribution >= 4 is 11.7 Å². The molecule has 4 nitrogen and oxygen atoms in total. The fourth-order valence-electron chi connectivity index (χ4n) is 1.65. The van der Waals surface area contributed by atoms with E-state index in [4.69, 9.17) is 5.11 Å². The molecule has 1 amide bonds. The van der Waals surface area contributed by atoms with Crippen molar-refractivity contribution in [3.05, 3.63) is 59.3 Å². The fraction of sp³-hybridized carbons (Fsp3) is 0.143. The van der Waals surface area contributed by atoms with E-state index in [0.29, 0.717) is 16.9 Å². The maximum absolute atomic E-state index is 12.0. The van der Waals surface area contributed by atoms with Gasteiger partial charge in [-0.2, -0.15) is 0 Å². The highest BCUT2D eigenvalue weighted by atomic mass is 16.3. The summed E-state index contributed by atoms with van der Waals surface area (Å²) in [6, 6.07) is 10.7. The van der Waals surface area contributed by atoms with Crippen LogP contribution in [0.2, 0.25) is 0 Å². The van der Waals surface area contributed by atoms with Crippen LogP contribution >= 0.6 is 0 Å². The van der Waals surface area contributed by atoms with E-state index in [-0.39, 0.29) is 12.5 Å². The Morgan fingerprint density at radius 1 is 1.33 bits per heavy atom. The number of nitrogens with one attached hydrogen (secondary N) is 1. The van der Waals surface area contributed by atoms with Gasteiger partial charge in [0.05, 0.1) is 6.61 Å². The van der Waals surface area contributed by atoms with Crippen molar-refractivity contribution in [2.75, 3.05) is 5.32 Å². The second-order valence-electron chi connectivity index (χ2n) is 3.98. The smallest absolute Gasteiger partial charge is 0.257 e. The molecule has 0 saturated heterocycles. The Morgan fingerprint density at radius 3 is 2.83 bits per heavy atom. The largest absolute Gasteiger partial charge is 0.392 e. The first-order chi connectivity index (χ1) is 8.70. The number of aromatic nitrogens is 1. The van der Waals surface area contributed by atoms with Crippen molar-refractivity contribution in [1.29, 1.82) is 0 Å². The first kappa shape index (κ1) is 12.3. The van der Waals surface area contributed by atoms with Crippen LogP contribution in [0.5, 0.6) is 0 Å². The molecule has 0 radical (unpaired) electrons. The van der Waals surface area contributed by atoms with Gasteiger partial charge in [0.2, 0.25) is 0 Å². The highest BCUT2D eigenvalue weighted by Gasteiger charge is 2.09. The number of aliphatic hydroxyl groups excluding tert-OH is 1. The maximum atomic E-state index is 12.0. The molecule has 18 heavy (non-hydrogen) atoms. The SMILES string of the molecule is Cc1ccccc1C(=O)Nc1cc(CO)ccn1. The van der Waals surface area contributed by atoms with Crippen LogP contribution in [0.25, 0.3) is 0 Å². The lowest BCUT2D eigenvalue weighted by molar-refractivity contribution is 0.102. The lowest BCUT2D eigenvalue weighted by Crippen LogP contribution is -2.14. The lowest BCUT2D eigenvalue weighted by atomic mass is 10.1. The number of amides is 1. The molecule has 0 saturated carbocycles. The van der Waals surface area contributed by atoms with E-state index < -0.39 is 0 Å². The molecule has 0 spiro atoms. The molecule has 0 fully saturated rings. The summed E-state index contributed by atoms with van der Waals surface area (Å²) in [4.78, 5) is 16.1. The quantitative estimate of drug-likeness (QED) is 0.866. The van der Waals surface area contributed by atoms with Gasteiger partial charge in [-0.1, -0.05) is 18.2 Å². The van der Waals surface area contributed by atoms with Crippen molar-refractivity contribution in [2.24, 2.45) is 0 Å². The van der Waals surface area contributed by atoms with Crippen LogP contribution in [0, 0.1) is 6.92 Å². The Balaban J connectivity index is 2.19. The Bertz CT molecular complexity index is 567. The fourth-order valence-corrected chi connectivity index (χ4v) is 1.65. The summed E-state index contributed by atoms with van der Waals surface area (Å²) in [5.41, 5.74) is 2.24. The molecule has 2 aromatic rings. The number of anilines is 1. The predicted molar refractivity (Wildman–Crippen MR) is 69.3 cm³/mol. The molecule has 2 N–H and O–H groups in total. The van der Waals surface area contributed by atoms with Crippen molar-refractivity contribution in [2.45, 2.75) is 13.5 Å². The van der Waals surface area contributed by atoms with Crippen molar-refractivity contribution in [3.63, 3.8) is 0 Å². The van der Waals surface area contributed by atoms with E-state index in [1.165, 1.54) is 0 Å². The molecule has 1 heterocycles. The topological polar surface area (TPSA) is 62.2 Å². The highest BCUT2D eigenvalue weighted by Crippen LogP contribution is 2.11. The second kappa shape index (κ2) is 5.42. The van der Waals surface area contributed by atoms with Crippen molar-refractivity contribution in [1.82, 2.24) is 4.98 Å². The van der Waals surface area contributed by atoms with E-state index in [1.807, 2.05) is 25.1 Å². The van der Waals surface area contributed by atoms with Gasteiger partial charge in [-0.15, -0.1) is 0 Å².